The number of benzene rings is 1. The van der Waals surface area contributed by atoms with Crippen molar-refractivity contribution >= 4 is 0 Å². The van der Waals surface area contributed by atoms with Crippen molar-refractivity contribution in [2.75, 3.05) is 7.11 Å². The first-order valence-corrected chi connectivity index (χ1v) is 3.99. The molecular weight excluding hydrogens is 188 g/mol. The molecule has 0 saturated heterocycles. The Bertz CT molecular complexity index is 340. The molecule has 0 atom stereocenters. The van der Waals surface area contributed by atoms with Gasteiger partial charge >= 0.3 is 5.92 Å². The second-order valence-corrected chi connectivity index (χ2v) is 2.84. The maximum Gasteiger partial charge on any atom is 0.335 e. The van der Waals surface area contributed by atoms with E-state index in [0.717, 1.165) is 6.07 Å². The summed E-state index contributed by atoms with van der Waals surface area (Å²) in [4.78, 5) is 0. The first kappa shape index (κ1) is 10.5. The highest BCUT2D eigenvalue weighted by Crippen LogP contribution is 2.20. The summed E-state index contributed by atoms with van der Waals surface area (Å²) in [6, 6.07) is 7.16. The van der Waals surface area contributed by atoms with Crippen molar-refractivity contribution < 1.29 is 13.5 Å². The van der Waals surface area contributed by atoms with Crippen LogP contribution in [0, 0.1) is 11.3 Å². The molecule has 74 valence electrons. The van der Waals surface area contributed by atoms with Crippen LogP contribution in [-0.2, 0) is 6.42 Å². The zero-order valence-corrected chi connectivity index (χ0v) is 7.63. The molecule has 0 aliphatic carbocycles. The van der Waals surface area contributed by atoms with Crippen LogP contribution in [0.4, 0.5) is 8.78 Å². The van der Waals surface area contributed by atoms with Gasteiger partial charge in [0.15, 0.2) is 0 Å². The van der Waals surface area contributed by atoms with Gasteiger partial charge in [0.05, 0.1) is 13.5 Å². The fourth-order valence-corrected chi connectivity index (χ4v) is 1.04. The number of methoxy groups -OCH3 is 1. The van der Waals surface area contributed by atoms with Crippen LogP contribution >= 0.6 is 0 Å². The average molecular weight is 197 g/mol. The molecule has 0 unspecified atom stereocenters. The first-order valence-electron chi connectivity index (χ1n) is 3.99. The zero-order chi connectivity index (χ0) is 10.6. The van der Waals surface area contributed by atoms with Crippen molar-refractivity contribution in [2.45, 2.75) is 12.3 Å². The SMILES string of the molecule is COc1ccc(CC(F)(F)C#N)cc1. The molecule has 0 fully saturated rings. The first-order chi connectivity index (χ1) is 6.57. The second kappa shape index (κ2) is 4.05. The Kier molecular flexibility index (Phi) is 3.03. The van der Waals surface area contributed by atoms with Crippen LogP contribution < -0.4 is 4.74 Å². The highest BCUT2D eigenvalue weighted by Gasteiger charge is 2.28. The van der Waals surface area contributed by atoms with Gasteiger partial charge in [-0.1, -0.05) is 12.1 Å². The van der Waals surface area contributed by atoms with Crippen LogP contribution in [0.5, 0.6) is 5.75 Å². The Balaban J connectivity index is 2.75. The lowest BCUT2D eigenvalue weighted by Gasteiger charge is -2.07. The van der Waals surface area contributed by atoms with Crippen molar-refractivity contribution in [3.8, 4) is 11.8 Å². The van der Waals surface area contributed by atoms with Gasteiger partial charge < -0.3 is 4.74 Å². The average Bonchev–Trinajstić information content (AvgIpc) is 2.19. The van der Waals surface area contributed by atoms with E-state index in [1.54, 1.807) is 12.1 Å². The normalized spacial score (nSPS) is 10.7. The van der Waals surface area contributed by atoms with E-state index in [1.807, 2.05) is 0 Å². The number of hydrogen-bond donors (Lipinski definition) is 0. The topological polar surface area (TPSA) is 33.0 Å². The Labute approximate surface area is 80.7 Å². The zero-order valence-electron chi connectivity index (χ0n) is 7.63. The van der Waals surface area contributed by atoms with Gasteiger partial charge in [0, 0.05) is 0 Å². The number of alkyl halides is 2. The minimum Gasteiger partial charge on any atom is -0.497 e. The Morgan fingerprint density at radius 2 is 1.93 bits per heavy atom. The molecule has 2 nitrogen and oxygen atoms in total. The molecule has 0 saturated carbocycles. The Morgan fingerprint density at radius 1 is 1.36 bits per heavy atom. The standard InChI is InChI=1S/C10H9F2NO/c1-14-9-4-2-8(3-5-9)6-10(11,12)7-13/h2-5H,6H2,1H3. The van der Waals surface area contributed by atoms with Gasteiger partial charge in [-0.15, -0.1) is 0 Å². The molecule has 4 heteroatoms. The minimum atomic E-state index is -3.30. The third kappa shape index (κ3) is 2.70. The number of hydrogen-bond acceptors (Lipinski definition) is 2. The van der Waals surface area contributed by atoms with Crippen molar-refractivity contribution in [2.24, 2.45) is 0 Å². The van der Waals surface area contributed by atoms with E-state index in [0.29, 0.717) is 11.3 Å². The van der Waals surface area contributed by atoms with E-state index in [-0.39, 0.29) is 0 Å². The summed E-state index contributed by atoms with van der Waals surface area (Å²) < 4.78 is 30.1. The third-order valence-corrected chi connectivity index (χ3v) is 1.75. The van der Waals surface area contributed by atoms with Crippen LogP contribution in [0.1, 0.15) is 5.56 Å². The van der Waals surface area contributed by atoms with E-state index < -0.39 is 12.3 Å². The molecule has 0 bridgehead atoms. The molecule has 0 aliphatic rings. The van der Waals surface area contributed by atoms with Crippen LogP contribution in [0.2, 0.25) is 0 Å². The van der Waals surface area contributed by atoms with E-state index >= 15 is 0 Å². The molecule has 0 amide bonds. The van der Waals surface area contributed by atoms with Gasteiger partial charge in [-0.3, -0.25) is 0 Å². The molecular formula is C10H9F2NO. The number of nitrogens with zero attached hydrogens (tertiary/aromatic N) is 1. The third-order valence-electron chi connectivity index (χ3n) is 1.75. The highest BCUT2D eigenvalue weighted by atomic mass is 19.3. The van der Waals surface area contributed by atoms with Crippen molar-refractivity contribution in [1.82, 2.24) is 0 Å². The summed E-state index contributed by atoms with van der Waals surface area (Å²) in [7, 11) is 1.50. The van der Waals surface area contributed by atoms with Crippen molar-refractivity contribution in [3.05, 3.63) is 29.8 Å². The van der Waals surface area contributed by atoms with Crippen LogP contribution in [-0.4, -0.2) is 13.0 Å². The number of ether oxygens (including phenoxy) is 1. The van der Waals surface area contributed by atoms with Crippen molar-refractivity contribution in [3.63, 3.8) is 0 Å². The Morgan fingerprint density at radius 3 is 2.36 bits per heavy atom. The van der Waals surface area contributed by atoms with Gasteiger partial charge in [-0.25, -0.2) is 0 Å². The molecule has 0 N–H and O–H groups in total. The van der Waals surface area contributed by atoms with E-state index in [2.05, 4.69) is 0 Å². The number of halogens is 2. The van der Waals surface area contributed by atoms with Gasteiger partial charge in [0.2, 0.25) is 0 Å². The van der Waals surface area contributed by atoms with Crippen LogP contribution in [0.25, 0.3) is 0 Å². The second-order valence-electron chi connectivity index (χ2n) is 2.84. The highest BCUT2D eigenvalue weighted by molar-refractivity contribution is 5.28. The lowest BCUT2D eigenvalue weighted by Crippen LogP contribution is -2.16. The predicted octanol–water partition coefficient (Wildman–Crippen LogP) is 2.40. The van der Waals surface area contributed by atoms with Crippen LogP contribution in [0.3, 0.4) is 0 Å². The molecule has 1 rings (SSSR count). The summed E-state index contributed by atoms with van der Waals surface area (Å²) in [5.74, 6) is -2.69. The molecule has 0 spiro atoms. The van der Waals surface area contributed by atoms with E-state index in [9.17, 15) is 8.78 Å². The number of rotatable bonds is 3. The quantitative estimate of drug-likeness (QED) is 0.745. The summed E-state index contributed by atoms with van der Waals surface area (Å²) >= 11 is 0. The molecule has 0 aliphatic heterocycles. The fourth-order valence-electron chi connectivity index (χ4n) is 1.04. The van der Waals surface area contributed by atoms with Crippen molar-refractivity contribution in [1.29, 1.82) is 5.26 Å². The largest absolute Gasteiger partial charge is 0.497 e. The van der Waals surface area contributed by atoms with Crippen LogP contribution in [0.15, 0.2) is 24.3 Å². The maximum atomic E-state index is 12.6. The summed E-state index contributed by atoms with van der Waals surface area (Å²) in [6.45, 7) is 0. The number of nitriles is 1. The van der Waals surface area contributed by atoms with Gasteiger partial charge in [0.1, 0.15) is 11.8 Å². The minimum absolute atomic E-state index is 0.414. The summed E-state index contributed by atoms with van der Waals surface area (Å²) in [6.07, 6.45) is -0.562. The molecule has 14 heavy (non-hydrogen) atoms. The fraction of sp³-hybridized carbons (Fsp3) is 0.300. The monoisotopic (exact) mass is 197 g/mol. The lowest BCUT2D eigenvalue weighted by molar-refractivity contribution is 0.0645. The molecule has 0 radical (unpaired) electrons. The maximum absolute atomic E-state index is 12.6. The molecule has 1 aromatic rings. The predicted molar refractivity (Wildman–Crippen MR) is 47.3 cm³/mol. The van der Waals surface area contributed by atoms with E-state index in [1.165, 1.54) is 19.2 Å². The molecule has 0 heterocycles. The Hall–Kier alpha value is -1.63. The molecule has 0 aromatic heterocycles. The smallest absolute Gasteiger partial charge is 0.335 e. The van der Waals surface area contributed by atoms with Gasteiger partial charge in [0.25, 0.3) is 0 Å². The summed E-state index contributed by atoms with van der Waals surface area (Å²) in [5, 5.41) is 8.13. The van der Waals surface area contributed by atoms with E-state index in [4.69, 9.17) is 10.00 Å². The molecule has 1 aromatic carbocycles. The summed E-state index contributed by atoms with van der Waals surface area (Å²) in [5.41, 5.74) is 0.414. The van der Waals surface area contributed by atoms with Gasteiger partial charge in [-0.2, -0.15) is 14.0 Å². The van der Waals surface area contributed by atoms with Gasteiger partial charge in [-0.05, 0) is 17.7 Å². The lowest BCUT2D eigenvalue weighted by atomic mass is 10.1.